The zero-order valence-electron chi connectivity index (χ0n) is 12.5. The highest BCUT2D eigenvalue weighted by molar-refractivity contribution is 7.90. The Kier molecular flexibility index (Phi) is 4.53. The van der Waals surface area contributed by atoms with Crippen molar-refractivity contribution in [3.05, 3.63) is 23.8 Å². The fraction of sp³-hybridized carbons (Fsp3) is 0.500. The highest BCUT2D eigenvalue weighted by Crippen LogP contribution is 2.32. The van der Waals surface area contributed by atoms with Gasteiger partial charge in [-0.25, -0.2) is 4.72 Å². The zero-order valence-corrected chi connectivity index (χ0v) is 13.3. The van der Waals surface area contributed by atoms with Crippen molar-refractivity contribution in [2.45, 2.75) is 26.7 Å². The fourth-order valence-electron chi connectivity index (χ4n) is 2.29. The Labute approximate surface area is 125 Å². The average molecular weight is 311 g/mol. The molecule has 2 rings (SSSR count). The van der Waals surface area contributed by atoms with Crippen molar-refractivity contribution >= 4 is 27.5 Å². The number of carbonyl (C=O) groups is 1. The largest absolute Gasteiger partial charge is 0.312 e. The second-order valence-corrected chi connectivity index (χ2v) is 6.97. The van der Waals surface area contributed by atoms with Gasteiger partial charge in [0.1, 0.15) is 0 Å². The molecule has 0 aromatic heterocycles. The molecule has 2 N–H and O–H groups in total. The lowest BCUT2D eigenvalue weighted by Crippen LogP contribution is -2.31. The maximum Gasteiger partial charge on any atom is 0.298 e. The number of hydrogen-bond acceptors (Lipinski definition) is 3. The van der Waals surface area contributed by atoms with Crippen LogP contribution in [-0.4, -0.2) is 27.9 Å². The lowest BCUT2D eigenvalue weighted by atomic mass is 10.1. The quantitative estimate of drug-likeness (QED) is 0.835. The molecular weight excluding hydrogens is 290 g/mol. The summed E-state index contributed by atoms with van der Waals surface area (Å²) in [5.41, 5.74) is 2.20. The number of nitrogens with zero attached hydrogens (tertiary/aromatic N) is 1. The number of amides is 1. The third kappa shape index (κ3) is 3.54. The van der Waals surface area contributed by atoms with Gasteiger partial charge < -0.3 is 4.90 Å². The summed E-state index contributed by atoms with van der Waals surface area (Å²) in [6.07, 6.45) is 1.33. The summed E-state index contributed by atoms with van der Waals surface area (Å²) in [4.78, 5) is 13.9. The first-order valence-corrected chi connectivity index (χ1v) is 8.49. The first-order chi connectivity index (χ1) is 9.86. The molecule has 0 unspecified atom stereocenters. The van der Waals surface area contributed by atoms with E-state index in [2.05, 4.69) is 23.3 Å². The van der Waals surface area contributed by atoms with Crippen LogP contribution in [0.1, 0.15) is 25.8 Å². The molecule has 0 spiro atoms. The molecule has 0 bridgehead atoms. The molecule has 1 heterocycles. The second kappa shape index (κ2) is 6.03. The summed E-state index contributed by atoms with van der Waals surface area (Å²) >= 11 is 0. The summed E-state index contributed by atoms with van der Waals surface area (Å²) in [6.45, 7) is 4.91. The zero-order chi connectivity index (χ0) is 15.6. The van der Waals surface area contributed by atoms with E-state index >= 15 is 0 Å². The minimum absolute atomic E-state index is 0.0684. The lowest BCUT2D eigenvalue weighted by Gasteiger charge is -2.21. The maximum absolute atomic E-state index is 12.1. The number of anilines is 2. The van der Waals surface area contributed by atoms with Crippen molar-refractivity contribution in [2.24, 2.45) is 5.92 Å². The second-order valence-electron chi connectivity index (χ2n) is 5.35. The summed E-state index contributed by atoms with van der Waals surface area (Å²) in [5, 5.41) is 0. The highest BCUT2D eigenvalue weighted by Gasteiger charge is 2.28. The van der Waals surface area contributed by atoms with Gasteiger partial charge in [0.2, 0.25) is 5.91 Å². The monoisotopic (exact) mass is 311 g/mol. The number of nitrogens with one attached hydrogen (secondary N) is 2. The molecule has 1 aromatic carbocycles. The third-order valence-corrected chi connectivity index (χ3v) is 4.77. The molecule has 1 aromatic rings. The molecule has 116 valence electrons. The van der Waals surface area contributed by atoms with Crippen LogP contribution in [0.3, 0.4) is 0 Å². The van der Waals surface area contributed by atoms with E-state index in [1.165, 1.54) is 7.05 Å². The van der Waals surface area contributed by atoms with Gasteiger partial charge in [0.05, 0.1) is 12.1 Å². The first-order valence-electron chi connectivity index (χ1n) is 7.01. The van der Waals surface area contributed by atoms with Gasteiger partial charge in [0, 0.05) is 19.3 Å². The first kappa shape index (κ1) is 15.8. The normalized spacial score (nSPS) is 16.0. The van der Waals surface area contributed by atoms with Gasteiger partial charge in [-0.05, 0) is 29.7 Å². The Morgan fingerprint density at radius 2 is 2.10 bits per heavy atom. The van der Waals surface area contributed by atoms with E-state index in [0.29, 0.717) is 24.6 Å². The van der Waals surface area contributed by atoms with Gasteiger partial charge in [-0.1, -0.05) is 20.3 Å². The topological polar surface area (TPSA) is 78.5 Å². The molecule has 1 atom stereocenters. The van der Waals surface area contributed by atoms with Crippen molar-refractivity contribution in [3.63, 3.8) is 0 Å². The fourth-order valence-corrected chi connectivity index (χ4v) is 2.83. The van der Waals surface area contributed by atoms with E-state index in [1.54, 1.807) is 23.1 Å². The predicted octanol–water partition coefficient (Wildman–Crippen LogP) is 1.50. The van der Waals surface area contributed by atoms with Gasteiger partial charge in [0.25, 0.3) is 10.2 Å². The van der Waals surface area contributed by atoms with Crippen molar-refractivity contribution in [1.82, 2.24) is 4.72 Å². The van der Waals surface area contributed by atoms with Crippen LogP contribution in [0.4, 0.5) is 11.4 Å². The molecule has 0 saturated carbocycles. The van der Waals surface area contributed by atoms with Crippen LogP contribution < -0.4 is 14.3 Å². The van der Waals surface area contributed by atoms with Crippen LogP contribution in [0, 0.1) is 5.92 Å². The van der Waals surface area contributed by atoms with Gasteiger partial charge >= 0.3 is 0 Å². The molecule has 7 heteroatoms. The Balaban J connectivity index is 2.23. The lowest BCUT2D eigenvalue weighted by molar-refractivity contribution is -0.117. The molecule has 0 aliphatic carbocycles. The summed E-state index contributed by atoms with van der Waals surface area (Å²) < 4.78 is 27.6. The molecule has 0 fully saturated rings. The summed E-state index contributed by atoms with van der Waals surface area (Å²) in [5.74, 6) is 0.501. The standard InChI is InChI=1S/C14H21N3O3S/c1-4-10(2)9-17-13-6-5-12(16-21(19,20)15-3)7-11(13)8-14(17)18/h5-7,10,15-16H,4,8-9H2,1-3H3/t10-/m1/s1. The summed E-state index contributed by atoms with van der Waals surface area (Å²) in [7, 11) is -2.20. The average Bonchev–Trinajstić information content (AvgIpc) is 2.74. The van der Waals surface area contributed by atoms with Gasteiger partial charge in [0.15, 0.2) is 0 Å². The van der Waals surface area contributed by atoms with E-state index < -0.39 is 10.2 Å². The van der Waals surface area contributed by atoms with E-state index in [1.807, 2.05) is 0 Å². The van der Waals surface area contributed by atoms with Crippen LogP contribution in [0.25, 0.3) is 0 Å². The van der Waals surface area contributed by atoms with Crippen LogP contribution in [0.15, 0.2) is 18.2 Å². The molecule has 21 heavy (non-hydrogen) atoms. The Bertz CT molecular complexity index is 643. The minimum Gasteiger partial charge on any atom is -0.312 e. The number of rotatable bonds is 6. The van der Waals surface area contributed by atoms with Crippen molar-refractivity contribution in [1.29, 1.82) is 0 Å². The van der Waals surface area contributed by atoms with Gasteiger partial charge in [-0.15, -0.1) is 0 Å². The van der Waals surface area contributed by atoms with Crippen LogP contribution >= 0.6 is 0 Å². The smallest absolute Gasteiger partial charge is 0.298 e. The molecule has 1 amide bonds. The van der Waals surface area contributed by atoms with Gasteiger partial charge in [-0.2, -0.15) is 8.42 Å². The number of hydrogen-bond donors (Lipinski definition) is 2. The number of benzene rings is 1. The summed E-state index contributed by atoms with van der Waals surface area (Å²) in [6, 6.07) is 5.20. The van der Waals surface area contributed by atoms with E-state index in [0.717, 1.165) is 17.7 Å². The van der Waals surface area contributed by atoms with Crippen molar-refractivity contribution < 1.29 is 13.2 Å². The maximum atomic E-state index is 12.1. The van der Waals surface area contributed by atoms with Crippen molar-refractivity contribution in [3.8, 4) is 0 Å². The Hall–Kier alpha value is -1.60. The molecule has 0 radical (unpaired) electrons. The molecular formula is C14H21N3O3S. The molecule has 1 aliphatic rings. The molecule has 1 aliphatic heterocycles. The van der Waals surface area contributed by atoms with Crippen LogP contribution in [0.2, 0.25) is 0 Å². The van der Waals surface area contributed by atoms with Gasteiger partial charge in [-0.3, -0.25) is 9.52 Å². The van der Waals surface area contributed by atoms with E-state index in [-0.39, 0.29) is 5.91 Å². The SMILES string of the molecule is CC[C@@H](C)CN1C(=O)Cc2cc(NS(=O)(=O)NC)ccc21. The molecule has 6 nitrogen and oxygen atoms in total. The van der Waals surface area contributed by atoms with E-state index in [9.17, 15) is 13.2 Å². The predicted molar refractivity (Wildman–Crippen MR) is 83.6 cm³/mol. The highest BCUT2D eigenvalue weighted by atomic mass is 32.2. The Morgan fingerprint density at radius 1 is 1.38 bits per heavy atom. The third-order valence-electron chi connectivity index (χ3n) is 3.73. The molecule has 0 saturated heterocycles. The Morgan fingerprint density at radius 3 is 2.71 bits per heavy atom. The van der Waals surface area contributed by atoms with Crippen molar-refractivity contribution in [2.75, 3.05) is 23.2 Å². The minimum atomic E-state index is -3.54. The number of carbonyl (C=O) groups excluding carboxylic acids is 1. The number of fused-ring (bicyclic) bond motifs is 1. The van der Waals surface area contributed by atoms with E-state index in [4.69, 9.17) is 0 Å². The van der Waals surface area contributed by atoms with Crippen LogP contribution in [-0.2, 0) is 21.4 Å². The van der Waals surface area contributed by atoms with Crippen LogP contribution in [0.5, 0.6) is 0 Å².